The summed E-state index contributed by atoms with van der Waals surface area (Å²) in [6, 6.07) is 6.00. The average molecular weight is 588 g/mol. The summed E-state index contributed by atoms with van der Waals surface area (Å²) in [5.74, 6) is -2.39. The third kappa shape index (κ3) is 7.62. The Hall–Kier alpha value is -2.81. The Morgan fingerprint density at radius 3 is 2.13 bits per heavy atom. The average Bonchev–Trinajstić information content (AvgIpc) is 2.81. The minimum atomic E-state index is -5.18. The molecule has 0 spiro atoms. The van der Waals surface area contributed by atoms with Crippen LogP contribution in [0.3, 0.4) is 0 Å². The van der Waals surface area contributed by atoms with Gasteiger partial charge in [-0.25, -0.2) is 16.8 Å². The summed E-state index contributed by atoms with van der Waals surface area (Å²) in [5.41, 5.74) is -1.57. The summed E-state index contributed by atoms with van der Waals surface area (Å²) < 4.78 is 130. The highest BCUT2D eigenvalue weighted by Gasteiger charge is 2.35. The van der Waals surface area contributed by atoms with Gasteiger partial charge in [0.15, 0.2) is 19.7 Å². The van der Waals surface area contributed by atoms with Gasteiger partial charge in [-0.3, -0.25) is 4.79 Å². The van der Waals surface area contributed by atoms with Crippen LogP contribution in [0.4, 0.5) is 26.3 Å². The Kier molecular flexibility index (Phi) is 8.41. The van der Waals surface area contributed by atoms with Crippen LogP contribution in [0.1, 0.15) is 35.2 Å². The van der Waals surface area contributed by atoms with Crippen LogP contribution in [-0.2, 0) is 25.9 Å². The molecule has 1 fully saturated rings. The number of likely N-dealkylation sites (tertiary alicyclic amines) is 1. The third-order valence-corrected chi connectivity index (χ3v) is 8.91. The second-order valence-electron chi connectivity index (χ2n) is 8.85. The molecule has 0 unspecified atom stereocenters. The fourth-order valence-electron chi connectivity index (χ4n) is 4.02. The van der Waals surface area contributed by atoms with Gasteiger partial charge < -0.3 is 9.64 Å². The molecule has 1 aliphatic rings. The van der Waals surface area contributed by atoms with Gasteiger partial charge in [0.1, 0.15) is 5.75 Å². The van der Waals surface area contributed by atoms with Crippen LogP contribution in [0.15, 0.2) is 52.3 Å². The molecule has 38 heavy (non-hydrogen) atoms. The maximum atomic E-state index is 12.9. The lowest BCUT2D eigenvalue weighted by Gasteiger charge is -2.32. The molecule has 0 saturated carbocycles. The number of amides is 1. The quantitative estimate of drug-likeness (QED) is 0.435. The van der Waals surface area contributed by atoms with Crippen LogP contribution >= 0.6 is 0 Å². The van der Waals surface area contributed by atoms with E-state index in [1.807, 2.05) is 0 Å². The van der Waals surface area contributed by atoms with E-state index < -0.39 is 70.5 Å². The van der Waals surface area contributed by atoms with Crippen molar-refractivity contribution in [2.75, 3.05) is 25.1 Å². The predicted molar refractivity (Wildman–Crippen MR) is 123 cm³/mol. The molecule has 0 atom stereocenters. The summed E-state index contributed by atoms with van der Waals surface area (Å²) in [7, 11) is -7.89. The Bertz CT molecular complexity index is 1400. The lowest BCUT2D eigenvalue weighted by molar-refractivity contribution is -0.274. The summed E-state index contributed by atoms with van der Waals surface area (Å²) in [4.78, 5) is 13.3. The molecule has 1 amide bonds. The highest BCUT2D eigenvalue weighted by molar-refractivity contribution is 7.91. The molecule has 15 heteroatoms. The molecule has 0 N–H and O–H groups in total. The van der Waals surface area contributed by atoms with Gasteiger partial charge >= 0.3 is 12.5 Å². The highest BCUT2D eigenvalue weighted by Crippen LogP contribution is 2.33. The molecule has 3 rings (SSSR count). The van der Waals surface area contributed by atoms with E-state index >= 15 is 0 Å². The van der Waals surface area contributed by atoms with Crippen molar-refractivity contribution < 1.29 is 52.7 Å². The van der Waals surface area contributed by atoms with E-state index in [9.17, 15) is 48.0 Å². The van der Waals surface area contributed by atoms with Crippen LogP contribution in [0.25, 0.3) is 0 Å². The van der Waals surface area contributed by atoms with Gasteiger partial charge in [0.2, 0.25) is 0 Å². The van der Waals surface area contributed by atoms with E-state index in [-0.39, 0.29) is 25.4 Å². The van der Waals surface area contributed by atoms with Crippen molar-refractivity contribution >= 4 is 25.6 Å². The van der Waals surface area contributed by atoms with Crippen molar-refractivity contribution in [3.8, 4) is 5.75 Å². The van der Waals surface area contributed by atoms with E-state index in [2.05, 4.69) is 4.74 Å². The fraction of sp³-hybridized carbons (Fsp3) is 0.435. The van der Waals surface area contributed by atoms with E-state index in [4.69, 9.17) is 0 Å². The molecule has 1 aliphatic heterocycles. The number of carbonyl (C=O) groups excluding carboxylic acids is 1. The Labute approximate surface area is 215 Å². The number of carbonyl (C=O) groups is 1. The maximum Gasteiger partial charge on any atom is 0.573 e. The van der Waals surface area contributed by atoms with E-state index in [1.165, 1.54) is 4.90 Å². The number of piperidine rings is 1. The number of rotatable bonds is 7. The summed E-state index contributed by atoms with van der Waals surface area (Å²) in [6.45, 7) is 0.152. The molecule has 0 aromatic heterocycles. The van der Waals surface area contributed by atoms with Gasteiger partial charge in [0.05, 0.1) is 26.7 Å². The SMILES string of the molecule is CS(=O)(=O)c1ccc(C(=O)N2CCC(CCS(=O)(=O)c3cccc(C(F)(F)F)c3)CC2)c(OC(F)(F)F)c1. The first-order valence-electron chi connectivity index (χ1n) is 11.2. The van der Waals surface area contributed by atoms with Gasteiger partial charge in [0.25, 0.3) is 5.91 Å². The van der Waals surface area contributed by atoms with Crippen LogP contribution < -0.4 is 4.74 Å². The molecule has 0 radical (unpaired) electrons. The zero-order valence-electron chi connectivity index (χ0n) is 19.8. The zero-order valence-corrected chi connectivity index (χ0v) is 21.5. The second kappa shape index (κ2) is 10.8. The van der Waals surface area contributed by atoms with Crippen LogP contribution in [0.2, 0.25) is 0 Å². The minimum absolute atomic E-state index is 0.0758. The number of halogens is 6. The van der Waals surface area contributed by atoms with Crippen molar-refractivity contribution in [2.45, 2.75) is 41.6 Å². The lowest BCUT2D eigenvalue weighted by atomic mass is 9.94. The largest absolute Gasteiger partial charge is 0.573 e. The van der Waals surface area contributed by atoms with Gasteiger partial charge in [-0.15, -0.1) is 13.2 Å². The van der Waals surface area contributed by atoms with Gasteiger partial charge in [-0.1, -0.05) is 6.07 Å². The molecule has 1 heterocycles. The van der Waals surface area contributed by atoms with Crippen molar-refractivity contribution in [1.29, 1.82) is 0 Å². The number of hydrogen-bond donors (Lipinski definition) is 0. The van der Waals surface area contributed by atoms with Crippen molar-refractivity contribution in [3.05, 3.63) is 53.6 Å². The van der Waals surface area contributed by atoms with Crippen molar-refractivity contribution in [2.24, 2.45) is 5.92 Å². The standard InChI is InChI=1S/C23H23F6NO6S2/c1-37(32,33)17-5-6-19(20(14-17)36-23(27,28)29)21(31)30-10-7-15(8-11-30)9-12-38(34,35)18-4-2-3-16(13-18)22(24,25)26/h2-6,13-15H,7-12H2,1H3. The third-order valence-electron chi connectivity index (χ3n) is 6.05. The van der Waals surface area contributed by atoms with Crippen LogP contribution in [0, 0.1) is 5.92 Å². The summed E-state index contributed by atoms with van der Waals surface area (Å²) in [5, 5.41) is 0. The molecule has 1 saturated heterocycles. The summed E-state index contributed by atoms with van der Waals surface area (Å²) in [6.07, 6.45) is -8.35. The molecule has 2 aromatic rings. The van der Waals surface area contributed by atoms with E-state index in [0.717, 1.165) is 36.6 Å². The Morgan fingerprint density at radius 2 is 1.58 bits per heavy atom. The van der Waals surface area contributed by atoms with E-state index in [1.54, 1.807) is 0 Å². The lowest BCUT2D eigenvalue weighted by Crippen LogP contribution is -2.39. The molecule has 7 nitrogen and oxygen atoms in total. The molecular formula is C23H23F6NO6S2. The maximum absolute atomic E-state index is 12.9. The van der Waals surface area contributed by atoms with E-state index in [0.29, 0.717) is 25.0 Å². The molecule has 2 aromatic carbocycles. The topological polar surface area (TPSA) is 97.8 Å². The smallest absolute Gasteiger partial charge is 0.405 e. The van der Waals surface area contributed by atoms with Crippen LogP contribution in [0.5, 0.6) is 5.75 Å². The zero-order chi connectivity index (χ0) is 28.5. The monoisotopic (exact) mass is 587 g/mol. The second-order valence-corrected chi connectivity index (χ2v) is 13.0. The van der Waals surface area contributed by atoms with Gasteiger partial charge in [-0.05, 0) is 61.6 Å². The number of sulfone groups is 2. The number of alkyl halides is 6. The van der Waals surface area contributed by atoms with Crippen LogP contribution in [-0.4, -0.2) is 59.1 Å². The summed E-state index contributed by atoms with van der Waals surface area (Å²) >= 11 is 0. The number of nitrogens with zero attached hydrogens (tertiary/aromatic N) is 1. The Morgan fingerprint density at radius 1 is 0.947 bits per heavy atom. The highest BCUT2D eigenvalue weighted by atomic mass is 32.2. The normalized spacial score (nSPS) is 15.9. The number of hydrogen-bond acceptors (Lipinski definition) is 6. The fourth-order valence-corrected chi connectivity index (χ4v) is 6.13. The first kappa shape index (κ1) is 29.7. The van der Waals surface area contributed by atoms with Gasteiger partial charge in [0, 0.05) is 19.3 Å². The van der Waals surface area contributed by atoms with Crippen molar-refractivity contribution in [3.63, 3.8) is 0 Å². The van der Waals surface area contributed by atoms with Crippen molar-refractivity contribution in [1.82, 2.24) is 4.90 Å². The molecular weight excluding hydrogens is 564 g/mol. The number of ether oxygens (including phenoxy) is 1. The van der Waals surface area contributed by atoms with Gasteiger partial charge in [-0.2, -0.15) is 13.2 Å². The Balaban J connectivity index is 1.66. The molecule has 0 bridgehead atoms. The molecule has 0 aliphatic carbocycles. The predicted octanol–water partition coefficient (Wildman–Crippen LogP) is 4.72. The first-order valence-corrected chi connectivity index (χ1v) is 14.7. The number of benzene rings is 2. The molecule has 210 valence electrons. The first-order chi connectivity index (χ1) is 17.4. The minimum Gasteiger partial charge on any atom is -0.405 e.